The van der Waals surface area contributed by atoms with Gasteiger partial charge in [0.25, 0.3) is 5.91 Å². The Kier molecular flexibility index (Phi) is 8.10. The van der Waals surface area contributed by atoms with Gasteiger partial charge >= 0.3 is 0 Å². The fourth-order valence-electron chi connectivity index (χ4n) is 2.66. The molecule has 1 aromatic heterocycles. The van der Waals surface area contributed by atoms with Crippen molar-refractivity contribution in [2.24, 2.45) is 0 Å². The van der Waals surface area contributed by atoms with Gasteiger partial charge in [-0.15, -0.1) is 0 Å². The first-order chi connectivity index (χ1) is 13.0. The van der Waals surface area contributed by atoms with Crippen molar-refractivity contribution in [2.75, 3.05) is 24.5 Å². The topological polar surface area (TPSA) is 58.1 Å². The molecule has 0 aliphatic heterocycles. The fourth-order valence-corrected chi connectivity index (χ4v) is 3.48. The first-order valence-electron chi connectivity index (χ1n) is 9.62. The summed E-state index contributed by atoms with van der Waals surface area (Å²) in [5, 5.41) is 3.62. The van der Waals surface area contributed by atoms with Crippen molar-refractivity contribution in [1.82, 2.24) is 15.3 Å². The maximum atomic E-state index is 11.9. The Balaban J connectivity index is 2.13. The summed E-state index contributed by atoms with van der Waals surface area (Å²) in [4.78, 5) is 23.6. The van der Waals surface area contributed by atoms with Crippen LogP contribution in [0.4, 0.5) is 5.82 Å². The second kappa shape index (κ2) is 10.3. The van der Waals surface area contributed by atoms with E-state index in [1.807, 2.05) is 31.2 Å². The van der Waals surface area contributed by atoms with Crippen LogP contribution in [-0.4, -0.2) is 35.5 Å². The molecule has 0 bridgehead atoms. The molecule has 0 aliphatic carbocycles. The Morgan fingerprint density at radius 1 is 1.11 bits per heavy atom. The first kappa shape index (κ1) is 21.2. The Bertz CT molecular complexity index is 742. The number of nitrogens with one attached hydrogen (secondary N) is 1. The van der Waals surface area contributed by atoms with E-state index in [2.05, 4.69) is 44.0 Å². The number of rotatable bonds is 9. The number of nitrogens with zero attached hydrogens (tertiary/aromatic N) is 3. The minimum absolute atomic E-state index is 0.0338. The van der Waals surface area contributed by atoms with Gasteiger partial charge in [0.05, 0.1) is 0 Å². The highest BCUT2D eigenvalue weighted by Gasteiger charge is 2.12. The van der Waals surface area contributed by atoms with Crippen LogP contribution >= 0.6 is 11.8 Å². The molecule has 146 valence electrons. The zero-order chi connectivity index (χ0) is 19.8. The normalized spacial score (nSPS) is 10.9. The minimum Gasteiger partial charge on any atom is -0.357 e. The van der Waals surface area contributed by atoms with Crippen molar-refractivity contribution in [3.05, 3.63) is 47.2 Å². The number of aromatic nitrogens is 2. The summed E-state index contributed by atoms with van der Waals surface area (Å²) in [5.74, 6) is 2.09. The lowest BCUT2D eigenvalue weighted by Gasteiger charge is -2.21. The maximum Gasteiger partial charge on any atom is 0.251 e. The second-order valence-electron chi connectivity index (χ2n) is 6.61. The molecule has 2 aromatic rings. The number of carbonyl (C=O) groups is 1. The molecule has 0 unspecified atom stereocenters. The van der Waals surface area contributed by atoms with Crippen molar-refractivity contribution in [3.8, 4) is 0 Å². The largest absolute Gasteiger partial charge is 0.357 e. The van der Waals surface area contributed by atoms with Gasteiger partial charge in [0.1, 0.15) is 5.82 Å². The predicted molar refractivity (Wildman–Crippen MR) is 114 cm³/mol. The summed E-state index contributed by atoms with van der Waals surface area (Å²) in [6.45, 7) is 13.0. The number of carbonyl (C=O) groups excluding carboxylic acids is 1. The van der Waals surface area contributed by atoms with E-state index in [9.17, 15) is 4.79 Å². The van der Waals surface area contributed by atoms with E-state index < -0.39 is 0 Å². The minimum atomic E-state index is -0.0338. The molecule has 0 atom stereocenters. The summed E-state index contributed by atoms with van der Waals surface area (Å²) in [5.41, 5.74) is 2.91. The molecule has 6 heteroatoms. The van der Waals surface area contributed by atoms with Gasteiger partial charge in [0.15, 0.2) is 5.16 Å². The van der Waals surface area contributed by atoms with Crippen molar-refractivity contribution < 1.29 is 4.79 Å². The van der Waals surface area contributed by atoms with Crippen LogP contribution in [-0.2, 0) is 5.75 Å². The average Bonchev–Trinajstić information content (AvgIpc) is 2.68. The Morgan fingerprint density at radius 3 is 2.33 bits per heavy atom. The second-order valence-corrected chi connectivity index (χ2v) is 7.55. The number of benzene rings is 1. The van der Waals surface area contributed by atoms with Gasteiger partial charge in [-0.1, -0.05) is 37.7 Å². The number of hydrogen-bond donors (Lipinski definition) is 1. The van der Waals surface area contributed by atoms with E-state index in [-0.39, 0.29) is 5.91 Å². The van der Waals surface area contributed by atoms with Crippen LogP contribution in [0.15, 0.2) is 35.5 Å². The lowest BCUT2D eigenvalue weighted by molar-refractivity contribution is 0.0956. The van der Waals surface area contributed by atoms with E-state index >= 15 is 0 Å². The molecule has 0 saturated heterocycles. The summed E-state index contributed by atoms with van der Waals surface area (Å²) in [6.07, 6.45) is 0. The highest BCUT2D eigenvalue weighted by atomic mass is 32.2. The first-order valence-corrected chi connectivity index (χ1v) is 10.6. The average molecular weight is 387 g/mol. The third kappa shape index (κ3) is 5.96. The molecule has 2 rings (SSSR count). The molecular weight excluding hydrogens is 356 g/mol. The number of anilines is 1. The van der Waals surface area contributed by atoms with Gasteiger partial charge in [0, 0.05) is 42.7 Å². The lowest BCUT2D eigenvalue weighted by Crippen LogP contribution is -2.23. The monoisotopic (exact) mass is 386 g/mol. The fraction of sp³-hybridized carbons (Fsp3) is 0.476. The number of amides is 1. The van der Waals surface area contributed by atoms with Gasteiger partial charge in [-0.05, 0) is 44.4 Å². The van der Waals surface area contributed by atoms with Gasteiger partial charge in [-0.25, -0.2) is 9.97 Å². The third-order valence-electron chi connectivity index (χ3n) is 4.31. The van der Waals surface area contributed by atoms with Crippen molar-refractivity contribution in [1.29, 1.82) is 0 Å². The van der Waals surface area contributed by atoms with Crippen LogP contribution in [0.3, 0.4) is 0 Å². The van der Waals surface area contributed by atoms with Crippen LogP contribution in [0.5, 0.6) is 0 Å². The van der Waals surface area contributed by atoms with E-state index in [0.717, 1.165) is 41.1 Å². The molecule has 1 heterocycles. The third-order valence-corrected chi connectivity index (χ3v) is 5.23. The smallest absolute Gasteiger partial charge is 0.251 e. The van der Waals surface area contributed by atoms with Crippen molar-refractivity contribution in [3.63, 3.8) is 0 Å². The van der Waals surface area contributed by atoms with E-state index in [1.165, 1.54) is 0 Å². The highest BCUT2D eigenvalue weighted by molar-refractivity contribution is 7.98. The Morgan fingerprint density at radius 2 is 1.78 bits per heavy atom. The Labute approximate surface area is 167 Å². The van der Waals surface area contributed by atoms with Crippen LogP contribution in [0.1, 0.15) is 62.2 Å². The molecule has 0 saturated carbocycles. The number of hydrogen-bond acceptors (Lipinski definition) is 5. The molecule has 0 radical (unpaired) electrons. The summed E-state index contributed by atoms with van der Waals surface area (Å²) in [6, 6.07) is 9.83. The summed E-state index contributed by atoms with van der Waals surface area (Å²) in [7, 11) is 0. The molecule has 0 spiro atoms. The lowest BCUT2D eigenvalue weighted by atomic mass is 10.1. The van der Waals surface area contributed by atoms with Crippen molar-refractivity contribution >= 4 is 23.5 Å². The zero-order valence-corrected chi connectivity index (χ0v) is 17.8. The molecule has 0 fully saturated rings. The van der Waals surface area contributed by atoms with Gasteiger partial charge in [0.2, 0.25) is 0 Å². The van der Waals surface area contributed by atoms with Crippen LogP contribution in [0.25, 0.3) is 0 Å². The molecular formula is C21H30N4OS. The van der Waals surface area contributed by atoms with E-state index in [0.29, 0.717) is 18.0 Å². The molecule has 1 N–H and O–H groups in total. The number of thioether (sulfide) groups is 1. The standard InChI is InChI=1S/C21H30N4OS/c1-6-22-20(26)17-11-9-16(10-12-17)14-27-21-23-18(15(4)5)13-19(24-21)25(7-2)8-3/h9-13,15H,6-8,14H2,1-5H3,(H,22,26). The molecule has 1 amide bonds. The molecule has 1 aromatic carbocycles. The maximum absolute atomic E-state index is 11.9. The zero-order valence-electron chi connectivity index (χ0n) is 17.0. The quantitative estimate of drug-likeness (QED) is 0.508. The van der Waals surface area contributed by atoms with E-state index in [1.54, 1.807) is 11.8 Å². The Hall–Kier alpha value is -2.08. The molecule has 0 aliphatic rings. The SMILES string of the molecule is CCNC(=O)c1ccc(CSc2nc(C(C)C)cc(N(CC)CC)n2)cc1. The van der Waals surface area contributed by atoms with Gasteiger partial charge in [-0.3, -0.25) is 4.79 Å². The molecule has 5 nitrogen and oxygen atoms in total. The van der Waals surface area contributed by atoms with Crippen LogP contribution in [0.2, 0.25) is 0 Å². The predicted octanol–water partition coefficient (Wildman–Crippen LogP) is 4.49. The van der Waals surface area contributed by atoms with Crippen LogP contribution in [0, 0.1) is 0 Å². The van der Waals surface area contributed by atoms with E-state index in [4.69, 9.17) is 9.97 Å². The highest BCUT2D eigenvalue weighted by Crippen LogP contribution is 2.25. The van der Waals surface area contributed by atoms with Crippen molar-refractivity contribution in [2.45, 2.75) is 51.4 Å². The molecule has 27 heavy (non-hydrogen) atoms. The summed E-state index contributed by atoms with van der Waals surface area (Å²) >= 11 is 1.63. The summed E-state index contributed by atoms with van der Waals surface area (Å²) < 4.78 is 0. The van der Waals surface area contributed by atoms with Crippen LogP contribution < -0.4 is 10.2 Å². The van der Waals surface area contributed by atoms with Gasteiger partial charge < -0.3 is 10.2 Å². The van der Waals surface area contributed by atoms with Gasteiger partial charge in [-0.2, -0.15) is 0 Å².